The lowest BCUT2D eigenvalue weighted by atomic mass is 9.87. The van der Waals surface area contributed by atoms with E-state index in [1.165, 1.54) is 18.2 Å². The summed E-state index contributed by atoms with van der Waals surface area (Å²) >= 11 is 6.15. The number of hydrogen-bond acceptors (Lipinski definition) is 8. The van der Waals surface area contributed by atoms with Crippen molar-refractivity contribution in [1.82, 2.24) is 0 Å². The number of benzene rings is 5. The van der Waals surface area contributed by atoms with E-state index in [-0.39, 0.29) is 76.2 Å². The van der Waals surface area contributed by atoms with Gasteiger partial charge < -0.3 is 35.4 Å². The number of para-hydroxylation sites is 1. The Kier molecular flexibility index (Phi) is 9.11. The molecule has 9 heteroatoms. The number of phenolic OH excluding ortho intramolecular Hbond substituents is 6. The van der Waals surface area contributed by atoms with E-state index in [1.807, 2.05) is 13.0 Å². The molecule has 0 aliphatic carbocycles. The fourth-order valence-electron chi connectivity index (χ4n) is 6.23. The van der Waals surface area contributed by atoms with Crippen molar-refractivity contribution in [2.75, 3.05) is 0 Å². The van der Waals surface area contributed by atoms with Gasteiger partial charge in [0.2, 0.25) is 0 Å². The Labute approximate surface area is 282 Å². The minimum Gasteiger partial charge on any atom is -0.508 e. The first-order chi connectivity index (χ1) is 23.0. The number of rotatable bonds is 9. The lowest BCUT2D eigenvalue weighted by Crippen LogP contribution is -2.27. The first-order valence-corrected chi connectivity index (χ1v) is 16.0. The smallest absolute Gasteiger partial charge is 0.174 e. The number of carbonyl (C=O) groups excluding carboxylic acids is 1. The normalized spacial score (nSPS) is 14.0. The molecule has 0 fully saturated rings. The average Bonchev–Trinajstić information content (AvgIpc) is 3.06. The molecule has 1 aliphatic rings. The zero-order chi connectivity index (χ0) is 34.1. The molecule has 246 valence electrons. The zero-order valence-corrected chi connectivity index (χ0v) is 27.0. The molecule has 0 saturated carbocycles. The van der Waals surface area contributed by atoms with Crippen LogP contribution in [0.2, 0.25) is 5.02 Å². The van der Waals surface area contributed by atoms with Crippen molar-refractivity contribution in [3.8, 4) is 40.2 Å². The SMILES string of the molecule is CCC1CC(=O)c2c(O)c(Cc3cc(Cc4ccccc4O)ccc3O)c(O)c(Cc3cc(Cc4cc(Cl)ccc4O)ccc3O)c2O1. The number of aromatic hydroxyl groups is 6. The van der Waals surface area contributed by atoms with Crippen molar-refractivity contribution >= 4 is 17.4 Å². The molecular formula is C39H35ClO8. The molecule has 0 spiro atoms. The van der Waals surface area contributed by atoms with Gasteiger partial charge in [-0.05, 0) is 76.2 Å². The van der Waals surface area contributed by atoms with Crippen LogP contribution in [0.3, 0.4) is 0 Å². The molecule has 1 unspecified atom stereocenters. The van der Waals surface area contributed by atoms with Gasteiger partial charge in [0.1, 0.15) is 51.9 Å². The van der Waals surface area contributed by atoms with Crippen molar-refractivity contribution in [3.63, 3.8) is 0 Å². The summed E-state index contributed by atoms with van der Waals surface area (Å²) in [6, 6.07) is 21.7. The second kappa shape index (κ2) is 13.4. The van der Waals surface area contributed by atoms with Crippen molar-refractivity contribution in [2.24, 2.45) is 0 Å². The summed E-state index contributed by atoms with van der Waals surface area (Å²) in [7, 11) is 0. The molecule has 5 aromatic rings. The minimum atomic E-state index is -0.464. The Morgan fingerprint density at radius 3 is 1.81 bits per heavy atom. The maximum absolute atomic E-state index is 13.5. The van der Waals surface area contributed by atoms with Gasteiger partial charge in [-0.15, -0.1) is 0 Å². The summed E-state index contributed by atoms with van der Waals surface area (Å²) in [5, 5.41) is 66.1. The molecule has 6 rings (SSSR count). The van der Waals surface area contributed by atoms with Crippen LogP contribution in [-0.4, -0.2) is 42.5 Å². The van der Waals surface area contributed by atoms with Gasteiger partial charge in [-0.3, -0.25) is 4.79 Å². The van der Waals surface area contributed by atoms with E-state index < -0.39 is 11.9 Å². The quantitative estimate of drug-likeness (QED) is 0.0939. The molecule has 0 amide bonds. The van der Waals surface area contributed by atoms with Gasteiger partial charge >= 0.3 is 0 Å². The number of ether oxygens (including phenoxy) is 1. The highest BCUT2D eigenvalue weighted by molar-refractivity contribution is 6.30. The Hall–Kier alpha value is -5.34. The Morgan fingerprint density at radius 1 is 0.646 bits per heavy atom. The number of hydrogen-bond donors (Lipinski definition) is 6. The molecule has 1 aliphatic heterocycles. The summed E-state index contributed by atoms with van der Waals surface area (Å²) in [6.07, 6.45) is 0.624. The van der Waals surface area contributed by atoms with E-state index in [9.17, 15) is 35.4 Å². The van der Waals surface area contributed by atoms with Crippen LogP contribution < -0.4 is 4.74 Å². The molecule has 0 aromatic heterocycles. The van der Waals surface area contributed by atoms with Gasteiger partial charge in [-0.2, -0.15) is 0 Å². The van der Waals surface area contributed by atoms with Crippen LogP contribution in [0.4, 0.5) is 0 Å². The van der Waals surface area contributed by atoms with Gasteiger partial charge in [0.05, 0.1) is 0 Å². The van der Waals surface area contributed by atoms with Crippen LogP contribution in [-0.2, 0) is 25.7 Å². The molecule has 6 N–H and O–H groups in total. The Bertz CT molecular complexity index is 2040. The summed E-state index contributed by atoms with van der Waals surface area (Å²) in [4.78, 5) is 13.5. The van der Waals surface area contributed by atoms with Crippen LogP contribution in [0.1, 0.15) is 74.6 Å². The molecule has 0 bridgehead atoms. The largest absolute Gasteiger partial charge is 0.508 e. The first kappa shape index (κ1) is 32.6. The molecule has 8 nitrogen and oxygen atoms in total. The minimum absolute atomic E-state index is 0.0325. The fraction of sp³-hybridized carbons (Fsp3) is 0.205. The van der Waals surface area contributed by atoms with Gasteiger partial charge in [-0.1, -0.05) is 61.0 Å². The molecule has 1 atom stereocenters. The average molecular weight is 667 g/mol. The van der Waals surface area contributed by atoms with E-state index in [1.54, 1.807) is 54.6 Å². The number of halogens is 1. The third kappa shape index (κ3) is 6.57. The van der Waals surface area contributed by atoms with E-state index >= 15 is 0 Å². The maximum Gasteiger partial charge on any atom is 0.174 e. The second-order valence-corrected chi connectivity index (χ2v) is 12.6. The van der Waals surface area contributed by atoms with Crippen molar-refractivity contribution in [2.45, 2.75) is 51.6 Å². The Morgan fingerprint density at radius 2 is 1.19 bits per heavy atom. The molecule has 0 saturated heterocycles. The number of fused-ring (bicyclic) bond motifs is 1. The number of ketones is 1. The fourth-order valence-corrected chi connectivity index (χ4v) is 6.43. The van der Waals surface area contributed by atoms with Crippen molar-refractivity contribution in [3.05, 3.63) is 134 Å². The number of phenols is 6. The van der Waals surface area contributed by atoms with E-state index in [2.05, 4.69) is 0 Å². The summed E-state index contributed by atoms with van der Waals surface area (Å²) in [6.45, 7) is 1.88. The van der Waals surface area contributed by atoms with E-state index in [0.29, 0.717) is 46.5 Å². The highest BCUT2D eigenvalue weighted by Gasteiger charge is 2.35. The molecule has 1 heterocycles. The predicted molar refractivity (Wildman–Crippen MR) is 182 cm³/mol. The summed E-state index contributed by atoms with van der Waals surface area (Å²) in [5.41, 5.74) is 3.82. The third-order valence-corrected chi connectivity index (χ3v) is 9.11. The maximum atomic E-state index is 13.5. The lowest BCUT2D eigenvalue weighted by Gasteiger charge is -2.29. The van der Waals surface area contributed by atoms with Crippen LogP contribution >= 0.6 is 11.6 Å². The van der Waals surface area contributed by atoms with Gasteiger partial charge in [0.25, 0.3) is 0 Å². The van der Waals surface area contributed by atoms with E-state index in [0.717, 1.165) is 11.1 Å². The number of carbonyl (C=O) groups is 1. The van der Waals surface area contributed by atoms with E-state index in [4.69, 9.17) is 16.3 Å². The topological polar surface area (TPSA) is 148 Å². The van der Waals surface area contributed by atoms with Gasteiger partial charge in [-0.25, -0.2) is 0 Å². The predicted octanol–water partition coefficient (Wildman–Crippen LogP) is 7.68. The molecule has 5 aromatic carbocycles. The monoisotopic (exact) mass is 666 g/mol. The molecule has 48 heavy (non-hydrogen) atoms. The number of Topliss-reactive ketones (excluding diaryl/α,β-unsaturated/α-hetero) is 1. The van der Waals surface area contributed by atoms with Crippen LogP contribution in [0.25, 0.3) is 0 Å². The van der Waals surface area contributed by atoms with Crippen molar-refractivity contribution < 1.29 is 40.2 Å². The second-order valence-electron chi connectivity index (χ2n) is 12.2. The van der Waals surface area contributed by atoms with Gasteiger partial charge in [0.15, 0.2) is 5.78 Å². The molecular weight excluding hydrogens is 632 g/mol. The lowest BCUT2D eigenvalue weighted by molar-refractivity contribution is 0.0837. The van der Waals surface area contributed by atoms with Crippen LogP contribution in [0.15, 0.2) is 78.9 Å². The zero-order valence-electron chi connectivity index (χ0n) is 26.2. The Balaban J connectivity index is 1.42. The molecule has 0 radical (unpaired) electrons. The highest BCUT2D eigenvalue weighted by Crippen LogP contribution is 2.48. The standard InChI is InChI=1S/C39H35ClO8/c1-2-28-20-35(45)36-38(47)29(18-25-15-21(7-10-32(25)42)13-23-5-3-4-6-31(23)41)37(46)30(39(36)48-28)19-26-16-22(8-11-33(26)43)14-24-17-27(40)9-12-34(24)44/h3-12,15-17,28,41-44,46-47H,2,13-14,18-20H2,1H3. The third-order valence-electron chi connectivity index (χ3n) is 8.87. The van der Waals surface area contributed by atoms with Crippen LogP contribution in [0, 0.1) is 0 Å². The summed E-state index contributed by atoms with van der Waals surface area (Å²) in [5.74, 6) is -0.930. The van der Waals surface area contributed by atoms with Crippen LogP contribution in [0.5, 0.6) is 40.2 Å². The summed E-state index contributed by atoms with van der Waals surface area (Å²) < 4.78 is 6.19. The highest BCUT2D eigenvalue weighted by atomic mass is 35.5. The first-order valence-electron chi connectivity index (χ1n) is 15.7. The van der Waals surface area contributed by atoms with Crippen molar-refractivity contribution in [1.29, 1.82) is 0 Å². The van der Waals surface area contributed by atoms with Gasteiger partial charge in [0, 0.05) is 48.3 Å².